The standard InChI is InChI=1S/C14H19IN2O2/c15-12-3-1-11(2-4-12)14(19)16-13-5-7-17(8-6-13)9-10-18/h1-4,13,18H,5-10H2,(H,16,19)/i15-4. The lowest BCUT2D eigenvalue weighted by Gasteiger charge is -2.31. The minimum absolute atomic E-state index is 0.0111. The minimum atomic E-state index is 0.0111. The second-order valence-corrected chi connectivity index (χ2v) is 6.07. The Morgan fingerprint density at radius 3 is 2.53 bits per heavy atom. The lowest BCUT2D eigenvalue weighted by atomic mass is 10.0. The average Bonchev–Trinajstić information content (AvgIpc) is 2.42. The van der Waals surface area contributed by atoms with E-state index in [-0.39, 0.29) is 18.6 Å². The van der Waals surface area contributed by atoms with Gasteiger partial charge in [-0.1, -0.05) is 0 Å². The number of aliphatic hydroxyl groups excluding tert-OH is 1. The molecule has 2 rings (SSSR count). The quantitative estimate of drug-likeness (QED) is 0.790. The van der Waals surface area contributed by atoms with Crippen LogP contribution >= 0.6 is 22.6 Å². The average molecular weight is 370 g/mol. The summed E-state index contributed by atoms with van der Waals surface area (Å²) in [6.07, 6.45) is 1.91. The van der Waals surface area contributed by atoms with Crippen LogP contribution in [0.1, 0.15) is 23.2 Å². The van der Waals surface area contributed by atoms with Crippen LogP contribution in [0.5, 0.6) is 0 Å². The van der Waals surface area contributed by atoms with Gasteiger partial charge >= 0.3 is 0 Å². The van der Waals surface area contributed by atoms with E-state index < -0.39 is 0 Å². The van der Waals surface area contributed by atoms with Crippen LogP contribution in [0, 0.1) is 3.57 Å². The number of nitrogens with one attached hydrogen (secondary N) is 1. The molecular weight excluding hydrogens is 351 g/mol. The van der Waals surface area contributed by atoms with Crippen molar-refractivity contribution in [3.63, 3.8) is 0 Å². The highest BCUT2D eigenvalue weighted by Crippen LogP contribution is 2.12. The Morgan fingerprint density at radius 1 is 1.32 bits per heavy atom. The normalized spacial score (nSPS) is 17.4. The first-order chi connectivity index (χ1) is 9.19. The van der Waals surface area contributed by atoms with Crippen LogP contribution in [0.25, 0.3) is 0 Å². The number of rotatable bonds is 4. The van der Waals surface area contributed by atoms with Crippen molar-refractivity contribution in [1.29, 1.82) is 0 Å². The van der Waals surface area contributed by atoms with Crippen molar-refractivity contribution >= 4 is 28.5 Å². The summed E-state index contributed by atoms with van der Waals surface area (Å²) in [5, 5.41) is 12.0. The minimum Gasteiger partial charge on any atom is -0.395 e. The second-order valence-electron chi connectivity index (χ2n) is 4.82. The molecular formula is C14H19IN2O2. The molecule has 1 heterocycles. The van der Waals surface area contributed by atoms with Gasteiger partial charge in [0.2, 0.25) is 0 Å². The zero-order valence-electron chi connectivity index (χ0n) is 10.8. The van der Waals surface area contributed by atoms with E-state index in [1.165, 1.54) is 0 Å². The lowest BCUT2D eigenvalue weighted by Crippen LogP contribution is -2.45. The fraction of sp³-hybridized carbons (Fsp3) is 0.500. The molecule has 0 spiro atoms. The molecule has 1 amide bonds. The summed E-state index contributed by atoms with van der Waals surface area (Å²) < 4.78 is 1.13. The number of piperidine rings is 1. The summed E-state index contributed by atoms with van der Waals surface area (Å²) >= 11 is 2.23. The number of hydrogen-bond acceptors (Lipinski definition) is 3. The largest absolute Gasteiger partial charge is 0.395 e. The smallest absolute Gasteiger partial charge is 0.251 e. The van der Waals surface area contributed by atoms with E-state index in [9.17, 15) is 4.79 Å². The van der Waals surface area contributed by atoms with Crippen LogP contribution in [-0.4, -0.2) is 48.2 Å². The van der Waals surface area contributed by atoms with E-state index in [0.29, 0.717) is 0 Å². The molecule has 0 aromatic heterocycles. The van der Waals surface area contributed by atoms with Gasteiger partial charge < -0.3 is 15.3 Å². The molecule has 104 valence electrons. The van der Waals surface area contributed by atoms with Crippen molar-refractivity contribution in [2.24, 2.45) is 0 Å². The SMILES string of the molecule is O=C(NC1CCN(CCO)CC1)c1ccc([123I])cc1. The zero-order valence-corrected chi connectivity index (χ0v) is 13.0. The van der Waals surface area contributed by atoms with Gasteiger partial charge in [-0.25, -0.2) is 0 Å². The van der Waals surface area contributed by atoms with Gasteiger partial charge in [0.1, 0.15) is 0 Å². The van der Waals surface area contributed by atoms with Crippen molar-refractivity contribution in [3.8, 4) is 0 Å². The van der Waals surface area contributed by atoms with E-state index in [2.05, 4.69) is 32.8 Å². The number of carbonyl (C=O) groups excluding carboxylic acids is 1. The number of carbonyl (C=O) groups is 1. The van der Waals surface area contributed by atoms with Crippen LogP contribution in [-0.2, 0) is 0 Å². The van der Waals surface area contributed by atoms with Gasteiger partial charge in [0.15, 0.2) is 0 Å². The molecule has 5 heteroatoms. The number of likely N-dealkylation sites (tertiary alicyclic amines) is 1. The summed E-state index contributed by atoms with van der Waals surface area (Å²) in [4.78, 5) is 14.3. The Bertz CT molecular complexity index is 414. The van der Waals surface area contributed by atoms with Crippen molar-refractivity contribution in [2.75, 3.05) is 26.2 Å². The molecule has 0 saturated carbocycles. The number of aliphatic hydroxyl groups is 1. The van der Waals surface area contributed by atoms with Crippen LogP contribution in [0.3, 0.4) is 0 Å². The van der Waals surface area contributed by atoms with Gasteiger partial charge in [-0.3, -0.25) is 4.79 Å². The highest BCUT2D eigenvalue weighted by molar-refractivity contribution is 14.1. The van der Waals surface area contributed by atoms with Crippen molar-refractivity contribution in [3.05, 3.63) is 33.4 Å². The zero-order chi connectivity index (χ0) is 13.7. The third kappa shape index (κ3) is 4.43. The molecule has 19 heavy (non-hydrogen) atoms. The molecule has 1 aromatic carbocycles. The monoisotopic (exact) mass is 370 g/mol. The fourth-order valence-corrected chi connectivity index (χ4v) is 2.67. The third-order valence-electron chi connectivity index (χ3n) is 3.45. The van der Waals surface area contributed by atoms with Crippen LogP contribution in [0.15, 0.2) is 24.3 Å². The maximum absolute atomic E-state index is 12.1. The predicted molar refractivity (Wildman–Crippen MR) is 83.2 cm³/mol. The summed E-state index contributed by atoms with van der Waals surface area (Å²) in [6.45, 7) is 2.83. The van der Waals surface area contributed by atoms with E-state index in [0.717, 1.165) is 41.6 Å². The summed E-state index contributed by atoms with van der Waals surface area (Å²) in [7, 11) is 0. The van der Waals surface area contributed by atoms with Crippen LogP contribution in [0.4, 0.5) is 0 Å². The Morgan fingerprint density at radius 2 is 1.95 bits per heavy atom. The third-order valence-corrected chi connectivity index (χ3v) is 4.16. The number of amides is 1. The van der Waals surface area contributed by atoms with Gasteiger partial charge in [-0.05, 0) is 59.7 Å². The molecule has 2 N–H and O–H groups in total. The number of hydrogen-bond donors (Lipinski definition) is 2. The highest BCUT2D eigenvalue weighted by Gasteiger charge is 2.20. The maximum atomic E-state index is 12.1. The van der Waals surface area contributed by atoms with Crippen LogP contribution in [0.2, 0.25) is 0 Å². The first-order valence-corrected chi connectivity index (χ1v) is 7.66. The number of halogens is 1. The van der Waals surface area contributed by atoms with Gasteiger partial charge in [0, 0.05) is 34.8 Å². The molecule has 0 aliphatic carbocycles. The number of benzene rings is 1. The van der Waals surface area contributed by atoms with Crippen molar-refractivity contribution < 1.29 is 9.90 Å². The van der Waals surface area contributed by atoms with Gasteiger partial charge in [0.25, 0.3) is 5.91 Å². The molecule has 0 atom stereocenters. The number of nitrogens with zero attached hydrogens (tertiary/aromatic N) is 1. The van der Waals surface area contributed by atoms with Crippen molar-refractivity contribution in [2.45, 2.75) is 18.9 Å². The maximum Gasteiger partial charge on any atom is 0.251 e. The molecule has 0 bridgehead atoms. The molecule has 0 radical (unpaired) electrons. The molecule has 1 saturated heterocycles. The molecule has 4 nitrogen and oxygen atoms in total. The van der Waals surface area contributed by atoms with E-state index in [4.69, 9.17) is 5.11 Å². The first-order valence-electron chi connectivity index (χ1n) is 6.58. The van der Waals surface area contributed by atoms with E-state index in [1.807, 2.05) is 24.3 Å². The van der Waals surface area contributed by atoms with E-state index >= 15 is 0 Å². The Kier molecular flexibility index (Phi) is 5.59. The second kappa shape index (κ2) is 7.21. The number of β-amino-alcohol motifs (C(OH)–C–C–N with tert-alkyl or cyclic N) is 1. The van der Waals surface area contributed by atoms with Gasteiger partial charge in [0.05, 0.1) is 6.61 Å². The molecule has 1 fully saturated rings. The van der Waals surface area contributed by atoms with Gasteiger partial charge in [-0.2, -0.15) is 0 Å². The van der Waals surface area contributed by atoms with E-state index in [1.54, 1.807) is 0 Å². The molecule has 1 aromatic rings. The Labute approximate surface area is 127 Å². The molecule has 0 unspecified atom stereocenters. The summed E-state index contributed by atoms with van der Waals surface area (Å²) in [5.74, 6) is 0.0111. The van der Waals surface area contributed by atoms with Crippen molar-refractivity contribution in [1.82, 2.24) is 10.2 Å². The Hall–Kier alpha value is -0.660. The molecule has 1 aliphatic rings. The topological polar surface area (TPSA) is 52.6 Å². The molecule has 1 aliphatic heterocycles. The Balaban J connectivity index is 1.82. The first kappa shape index (κ1) is 14.7. The lowest BCUT2D eigenvalue weighted by molar-refractivity contribution is 0.0903. The van der Waals surface area contributed by atoms with Gasteiger partial charge in [-0.15, -0.1) is 0 Å². The fourth-order valence-electron chi connectivity index (χ4n) is 2.31. The summed E-state index contributed by atoms with van der Waals surface area (Å²) in [6, 6.07) is 7.86. The summed E-state index contributed by atoms with van der Waals surface area (Å²) in [5.41, 5.74) is 0.721. The highest BCUT2D eigenvalue weighted by atomic mass is 123. The predicted octanol–water partition coefficient (Wildman–Crippen LogP) is 1.48. The van der Waals surface area contributed by atoms with Crippen LogP contribution < -0.4 is 5.32 Å².